The number of methoxy groups -OCH3 is 1. The van der Waals surface area contributed by atoms with Crippen molar-refractivity contribution in [3.05, 3.63) is 64.1 Å². The molecule has 1 amide bonds. The third-order valence-corrected chi connectivity index (χ3v) is 5.01. The van der Waals surface area contributed by atoms with Crippen molar-refractivity contribution in [2.45, 2.75) is 19.4 Å². The van der Waals surface area contributed by atoms with Crippen LogP contribution in [-0.4, -0.2) is 49.0 Å². The van der Waals surface area contributed by atoms with Crippen molar-refractivity contribution in [1.29, 1.82) is 0 Å². The average Bonchev–Trinajstić information content (AvgIpc) is 2.70. The number of carbonyl (C=O) groups excluding carboxylic acids is 1. The number of carbonyl (C=O) groups is 1. The summed E-state index contributed by atoms with van der Waals surface area (Å²) in [5.41, 5.74) is 0.906. The topological polar surface area (TPSA) is 85.2 Å². The van der Waals surface area contributed by atoms with E-state index in [1.54, 1.807) is 7.11 Å². The van der Waals surface area contributed by atoms with Gasteiger partial charge in [-0.1, -0.05) is 30.3 Å². The summed E-state index contributed by atoms with van der Waals surface area (Å²) in [6.07, 6.45) is 1.89. The molecule has 28 heavy (non-hydrogen) atoms. The highest BCUT2D eigenvalue weighted by molar-refractivity contribution is 5.92. The number of benzene rings is 1. The lowest BCUT2D eigenvalue weighted by molar-refractivity contribution is 0.0510. The van der Waals surface area contributed by atoms with Crippen LogP contribution in [0.4, 0.5) is 0 Å². The summed E-state index contributed by atoms with van der Waals surface area (Å²) >= 11 is 0. The standard InChI is InChI=1S/C20H26N4O3.ClH/c1-27-15-20(9-11-21-12-10-20)14-22-19(26)17-7-8-18(25)24(23-17)13-16-5-3-2-4-6-16;/h2-8,21H,9-15H2,1H3,(H,22,26);1H. The van der Waals surface area contributed by atoms with Gasteiger partial charge in [0.05, 0.1) is 13.2 Å². The summed E-state index contributed by atoms with van der Waals surface area (Å²) in [5.74, 6) is -0.272. The Morgan fingerprint density at radius 1 is 1.21 bits per heavy atom. The molecule has 2 heterocycles. The first kappa shape index (κ1) is 22.1. The minimum Gasteiger partial charge on any atom is -0.384 e. The summed E-state index contributed by atoms with van der Waals surface area (Å²) in [5, 5.41) is 10.6. The van der Waals surface area contributed by atoms with Crippen molar-refractivity contribution >= 4 is 18.3 Å². The number of halogens is 1. The van der Waals surface area contributed by atoms with Crippen LogP contribution in [-0.2, 0) is 11.3 Å². The van der Waals surface area contributed by atoms with Crippen molar-refractivity contribution in [1.82, 2.24) is 20.4 Å². The molecule has 152 valence electrons. The zero-order chi connectivity index (χ0) is 19.1. The van der Waals surface area contributed by atoms with E-state index in [0.29, 0.717) is 19.7 Å². The van der Waals surface area contributed by atoms with E-state index >= 15 is 0 Å². The maximum Gasteiger partial charge on any atom is 0.271 e. The SMILES string of the molecule is COCC1(CNC(=O)c2ccc(=O)n(Cc3ccccc3)n2)CCNCC1.Cl. The number of hydrogen-bond acceptors (Lipinski definition) is 5. The van der Waals surface area contributed by atoms with Crippen LogP contribution in [0.2, 0.25) is 0 Å². The molecule has 0 spiro atoms. The van der Waals surface area contributed by atoms with E-state index in [4.69, 9.17) is 4.74 Å². The van der Waals surface area contributed by atoms with Crippen molar-refractivity contribution in [3.63, 3.8) is 0 Å². The third kappa shape index (κ3) is 5.64. The van der Waals surface area contributed by atoms with Crippen molar-refractivity contribution in [2.75, 3.05) is 33.4 Å². The Bertz CT molecular complexity index is 814. The van der Waals surface area contributed by atoms with Crippen LogP contribution < -0.4 is 16.2 Å². The van der Waals surface area contributed by atoms with Crippen LogP contribution in [0.15, 0.2) is 47.3 Å². The molecule has 1 aliphatic heterocycles. The first-order valence-electron chi connectivity index (χ1n) is 9.22. The Hall–Kier alpha value is -2.22. The van der Waals surface area contributed by atoms with Crippen LogP contribution in [0.25, 0.3) is 0 Å². The van der Waals surface area contributed by atoms with Crippen molar-refractivity contribution in [2.24, 2.45) is 5.41 Å². The smallest absolute Gasteiger partial charge is 0.271 e. The molecule has 0 aliphatic carbocycles. The van der Waals surface area contributed by atoms with Gasteiger partial charge >= 0.3 is 0 Å². The molecule has 0 atom stereocenters. The molecule has 2 N–H and O–H groups in total. The van der Waals surface area contributed by atoms with Crippen LogP contribution >= 0.6 is 12.4 Å². The zero-order valence-corrected chi connectivity index (χ0v) is 16.8. The fourth-order valence-electron chi connectivity index (χ4n) is 3.43. The Balaban J connectivity index is 0.00000280. The molecule has 0 unspecified atom stereocenters. The van der Waals surface area contributed by atoms with Gasteiger partial charge in [0, 0.05) is 25.1 Å². The molecule has 3 rings (SSSR count). The largest absolute Gasteiger partial charge is 0.384 e. The highest BCUT2D eigenvalue weighted by atomic mass is 35.5. The number of piperidine rings is 1. The second-order valence-corrected chi connectivity index (χ2v) is 7.07. The number of ether oxygens (including phenoxy) is 1. The highest BCUT2D eigenvalue weighted by Gasteiger charge is 2.32. The first-order valence-corrected chi connectivity index (χ1v) is 9.22. The molecule has 1 fully saturated rings. The molecule has 1 aliphatic rings. The fourth-order valence-corrected chi connectivity index (χ4v) is 3.43. The van der Waals surface area contributed by atoms with E-state index in [1.807, 2.05) is 30.3 Å². The normalized spacial score (nSPS) is 15.5. The van der Waals surface area contributed by atoms with Gasteiger partial charge in [0.1, 0.15) is 5.69 Å². The minimum absolute atomic E-state index is 0. The van der Waals surface area contributed by atoms with Crippen LogP contribution in [0, 0.1) is 5.41 Å². The number of hydrogen-bond donors (Lipinski definition) is 2. The molecule has 0 bridgehead atoms. The number of nitrogens with zero attached hydrogens (tertiary/aromatic N) is 2. The molecular weight excluding hydrogens is 380 g/mol. The lowest BCUT2D eigenvalue weighted by Gasteiger charge is -2.37. The fraction of sp³-hybridized carbons (Fsp3) is 0.450. The van der Waals surface area contributed by atoms with Gasteiger partial charge in [0.25, 0.3) is 11.5 Å². The Morgan fingerprint density at radius 2 is 1.93 bits per heavy atom. The molecule has 8 heteroatoms. The molecule has 2 aromatic rings. The van der Waals surface area contributed by atoms with Gasteiger partial charge in [-0.05, 0) is 37.6 Å². The lowest BCUT2D eigenvalue weighted by Crippen LogP contribution is -2.47. The van der Waals surface area contributed by atoms with Gasteiger partial charge in [0.15, 0.2) is 0 Å². The van der Waals surface area contributed by atoms with E-state index in [-0.39, 0.29) is 35.0 Å². The predicted molar refractivity (Wildman–Crippen MR) is 110 cm³/mol. The van der Waals surface area contributed by atoms with Gasteiger partial charge < -0.3 is 15.4 Å². The minimum atomic E-state index is -0.272. The molecule has 7 nitrogen and oxygen atoms in total. The Morgan fingerprint density at radius 3 is 2.61 bits per heavy atom. The number of rotatable bonds is 7. The number of amides is 1. The Kier molecular flexibility index (Phi) is 8.17. The second kappa shape index (κ2) is 10.4. The Labute approximate surface area is 170 Å². The molecule has 0 saturated carbocycles. The summed E-state index contributed by atoms with van der Waals surface area (Å²) < 4.78 is 6.70. The summed E-state index contributed by atoms with van der Waals surface area (Å²) in [6, 6.07) is 12.4. The molecule has 0 radical (unpaired) electrons. The number of aromatic nitrogens is 2. The summed E-state index contributed by atoms with van der Waals surface area (Å²) in [6.45, 7) is 3.30. The third-order valence-electron chi connectivity index (χ3n) is 5.01. The van der Waals surface area contributed by atoms with Crippen molar-refractivity contribution < 1.29 is 9.53 Å². The van der Waals surface area contributed by atoms with Crippen LogP contribution in [0.5, 0.6) is 0 Å². The molecule has 1 saturated heterocycles. The van der Waals surface area contributed by atoms with Crippen LogP contribution in [0.1, 0.15) is 28.9 Å². The zero-order valence-electron chi connectivity index (χ0n) is 16.0. The van der Waals surface area contributed by atoms with E-state index in [0.717, 1.165) is 31.5 Å². The second-order valence-electron chi connectivity index (χ2n) is 7.07. The van der Waals surface area contributed by atoms with Gasteiger partial charge in [-0.15, -0.1) is 12.4 Å². The van der Waals surface area contributed by atoms with Crippen LogP contribution in [0.3, 0.4) is 0 Å². The van der Waals surface area contributed by atoms with E-state index in [1.165, 1.54) is 16.8 Å². The molecule has 1 aromatic heterocycles. The van der Waals surface area contributed by atoms with Gasteiger partial charge in [-0.25, -0.2) is 4.68 Å². The highest BCUT2D eigenvalue weighted by Crippen LogP contribution is 2.28. The van der Waals surface area contributed by atoms with Gasteiger partial charge in [-0.2, -0.15) is 5.10 Å². The molecular formula is C20H27ClN4O3. The van der Waals surface area contributed by atoms with E-state index in [9.17, 15) is 9.59 Å². The van der Waals surface area contributed by atoms with Crippen molar-refractivity contribution in [3.8, 4) is 0 Å². The number of nitrogens with one attached hydrogen (secondary N) is 2. The summed E-state index contributed by atoms with van der Waals surface area (Å²) in [7, 11) is 1.69. The first-order chi connectivity index (χ1) is 13.1. The maximum absolute atomic E-state index is 12.6. The van der Waals surface area contributed by atoms with E-state index < -0.39 is 0 Å². The van der Waals surface area contributed by atoms with Gasteiger partial charge in [-0.3, -0.25) is 9.59 Å². The quantitative estimate of drug-likeness (QED) is 0.727. The predicted octanol–water partition coefficient (Wildman–Crippen LogP) is 1.46. The maximum atomic E-state index is 12.6. The summed E-state index contributed by atoms with van der Waals surface area (Å²) in [4.78, 5) is 24.7. The lowest BCUT2D eigenvalue weighted by atomic mass is 9.79. The molecule has 1 aromatic carbocycles. The average molecular weight is 407 g/mol. The monoisotopic (exact) mass is 406 g/mol. The van der Waals surface area contributed by atoms with Gasteiger partial charge in [0.2, 0.25) is 0 Å². The van der Waals surface area contributed by atoms with E-state index in [2.05, 4.69) is 15.7 Å².